The molecule has 2 aromatic carbocycles. The molecule has 0 heterocycles. The minimum absolute atomic E-state index is 0.0809. The first-order valence-corrected chi connectivity index (χ1v) is 11.6. The van der Waals surface area contributed by atoms with E-state index in [2.05, 4.69) is 56.3 Å². The van der Waals surface area contributed by atoms with Crippen molar-refractivity contribution in [2.24, 2.45) is 11.7 Å². The monoisotopic (exact) mass is 375 g/mol. The maximum atomic E-state index is 6.55. The van der Waals surface area contributed by atoms with Crippen LogP contribution >= 0.6 is 0 Å². The van der Waals surface area contributed by atoms with Gasteiger partial charge >= 0.3 is 0 Å². The minimum Gasteiger partial charge on any atom is -0.325 e. The predicted molar refractivity (Wildman–Crippen MR) is 120 cm³/mol. The lowest BCUT2D eigenvalue weighted by molar-refractivity contribution is 0.418. The third-order valence-corrected chi connectivity index (χ3v) is 7.53. The molecule has 0 spiro atoms. The average Bonchev–Trinajstić information content (AvgIpc) is 3.12. The van der Waals surface area contributed by atoms with Crippen LogP contribution in [0.15, 0.2) is 42.5 Å². The maximum Gasteiger partial charge on any atom is 0.0157 e. The van der Waals surface area contributed by atoms with Crippen LogP contribution in [0.1, 0.15) is 86.1 Å². The van der Waals surface area contributed by atoms with Crippen LogP contribution < -0.4 is 5.73 Å². The number of benzene rings is 2. The molecule has 0 aromatic heterocycles. The molecule has 1 saturated carbocycles. The zero-order valence-electron chi connectivity index (χ0n) is 17.8. The molecular weight excluding hydrogens is 338 g/mol. The fourth-order valence-corrected chi connectivity index (χ4v) is 5.62. The summed E-state index contributed by atoms with van der Waals surface area (Å²) in [6.07, 6.45) is 12.2. The summed E-state index contributed by atoms with van der Waals surface area (Å²) in [6.45, 7) is 4.53. The Balaban J connectivity index is 1.44. The van der Waals surface area contributed by atoms with Crippen LogP contribution in [0.4, 0.5) is 0 Å². The minimum atomic E-state index is 0.0809. The average molecular weight is 376 g/mol. The normalized spacial score (nSPS) is 27.0. The van der Waals surface area contributed by atoms with E-state index in [1.165, 1.54) is 57.8 Å². The van der Waals surface area contributed by atoms with Gasteiger partial charge in [0.1, 0.15) is 0 Å². The summed E-state index contributed by atoms with van der Waals surface area (Å²) < 4.78 is 0. The lowest BCUT2D eigenvalue weighted by atomic mass is 9.78. The highest BCUT2D eigenvalue weighted by Crippen LogP contribution is 2.42. The Kier molecular flexibility index (Phi) is 5.92. The van der Waals surface area contributed by atoms with Crippen molar-refractivity contribution in [1.29, 1.82) is 0 Å². The van der Waals surface area contributed by atoms with Crippen molar-refractivity contribution in [3.05, 3.63) is 70.3 Å². The van der Waals surface area contributed by atoms with E-state index in [0.29, 0.717) is 5.92 Å². The molecule has 0 bridgehead atoms. The molecule has 0 unspecified atom stereocenters. The standard InChI is InChI=1S/C27H37N/c1-3-7-21-8-5-6-9-22(21)16-20-10-11-24-18-25(13-12-23(24)17-20)26-14-15-27(28,4-2)19-26/h5-6,8-9,12-13,18,20,26H,3-4,7,10-11,14-17,19,28H2,1-2H3/t20-,26+,27-/m1/s1. The van der Waals surface area contributed by atoms with Gasteiger partial charge in [0.25, 0.3) is 0 Å². The molecule has 0 saturated heterocycles. The van der Waals surface area contributed by atoms with E-state index < -0.39 is 0 Å². The van der Waals surface area contributed by atoms with E-state index in [1.54, 1.807) is 27.8 Å². The summed E-state index contributed by atoms with van der Waals surface area (Å²) in [5.41, 5.74) is 14.5. The fourth-order valence-electron chi connectivity index (χ4n) is 5.62. The van der Waals surface area contributed by atoms with Gasteiger partial charge in [-0.1, -0.05) is 62.7 Å². The van der Waals surface area contributed by atoms with Crippen LogP contribution in [0.5, 0.6) is 0 Å². The number of nitrogens with two attached hydrogens (primary N) is 1. The second-order valence-corrected chi connectivity index (χ2v) is 9.52. The van der Waals surface area contributed by atoms with Crippen molar-refractivity contribution >= 4 is 0 Å². The Bertz CT molecular complexity index is 808. The lowest BCUT2D eigenvalue weighted by Crippen LogP contribution is -2.35. The maximum absolute atomic E-state index is 6.55. The summed E-state index contributed by atoms with van der Waals surface area (Å²) in [5, 5.41) is 0. The van der Waals surface area contributed by atoms with E-state index in [-0.39, 0.29) is 5.54 Å². The first-order valence-electron chi connectivity index (χ1n) is 11.6. The summed E-state index contributed by atoms with van der Waals surface area (Å²) in [7, 11) is 0. The van der Waals surface area contributed by atoms with Gasteiger partial charge in [-0.25, -0.2) is 0 Å². The second kappa shape index (κ2) is 8.41. The highest BCUT2D eigenvalue weighted by Gasteiger charge is 2.35. The lowest BCUT2D eigenvalue weighted by Gasteiger charge is -2.27. The Morgan fingerprint density at radius 2 is 1.82 bits per heavy atom. The van der Waals surface area contributed by atoms with Gasteiger partial charge < -0.3 is 5.73 Å². The van der Waals surface area contributed by atoms with E-state index in [0.717, 1.165) is 12.3 Å². The molecule has 3 atom stereocenters. The van der Waals surface area contributed by atoms with Gasteiger partial charge in [0.2, 0.25) is 0 Å². The van der Waals surface area contributed by atoms with Crippen molar-refractivity contribution in [1.82, 2.24) is 0 Å². The molecule has 150 valence electrons. The number of hydrogen-bond acceptors (Lipinski definition) is 1. The van der Waals surface area contributed by atoms with Gasteiger partial charge in [-0.2, -0.15) is 0 Å². The van der Waals surface area contributed by atoms with E-state index in [4.69, 9.17) is 5.73 Å². The Morgan fingerprint density at radius 1 is 1.00 bits per heavy atom. The van der Waals surface area contributed by atoms with Crippen molar-refractivity contribution < 1.29 is 0 Å². The molecule has 1 heteroatoms. The van der Waals surface area contributed by atoms with Gasteiger partial charge in [0.05, 0.1) is 0 Å². The quantitative estimate of drug-likeness (QED) is 0.624. The van der Waals surface area contributed by atoms with Crippen molar-refractivity contribution in [3.63, 3.8) is 0 Å². The van der Waals surface area contributed by atoms with Gasteiger partial charge in [-0.3, -0.25) is 0 Å². The molecule has 0 amide bonds. The first-order chi connectivity index (χ1) is 13.6. The van der Waals surface area contributed by atoms with E-state index in [9.17, 15) is 0 Å². The first kappa shape index (κ1) is 19.7. The largest absolute Gasteiger partial charge is 0.325 e. The number of hydrogen-bond donors (Lipinski definition) is 1. The SMILES string of the molecule is CCCc1ccccc1C[C@H]1CCc2cc([C@H]3CC[C@](N)(CC)C3)ccc2C1. The van der Waals surface area contributed by atoms with Gasteiger partial charge in [0.15, 0.2) is 0 Å². The molecule has 1 nitrogen and oxygen atoms in total. The molecule has 2 N–H and O–H groups in total. The Labute approximate surface area is 171 Å². The topological polar surface area (TPSA) is 26.0 Å². The summed E-state index contributed by atoms with van der Waals surface area (Å²) in [5.74, 6) is 1.47. The van der Waals surface area contributed by atoms with Crippen LogP contribution in [-0.4, -0.2) is 5.54 Å². The molecule has 1 fully saturated rings. The third-order valence-electron chi connectivity index (χ3n) is 7.53. The van der Waals surface area contributed by atoms with Gasteiger partial charge in [0, 0.05) is 5.54 Å². The van der Waals surface area contributed by atoms with E-state index >= 15 is 0 Å². The number of rotatable bonds is 6. The van der Waals surface area contributed by atoms with E-state index in [1.807, 2.05) is 0 Å². The van der Waals surface area contributed by atoms with Crippen LogP contribution in [-0.2, 0) is 25.7 Å². The Morgan fingerprint density at radius 3 is 2.57 bits per heavy atom. The van der Waals surface area contributed by atoms with Crippen LogP contribution in [0, 0.1) is 5.92 Å². The molecule has 28 heavy (non-hydrogen) atoms. The molecule has 4 rings (SSSR count). The fraction of sp³-hybridized carbons (Fsp3) is 0.556. The molecule has 2 aromatic rings. The Hall–Kier alpha value is -1.60. The summed E-state index contributed by atoms with van der Waals surface area (Å²) in [6, 6.07) is 16.5. The van der Waals surface area contributed by atoms with Crippen LogP contribution in [0.2, 0.25) is 0 Å². The van der Waals surface area contributed by atoms with Crippen molar-refractivity contribution in [2.45, 2.75) is 89.5 Å². The highest BCUT2D eigenvalue weighted by molar-refractivity contribution is 5.37. The molecule has 0 aliphatic heterocycles. The molecule has 0 radical (unpaired) electrons. The third kappa shape index (κ3) is 4.20. The number of fused-ring (bicyclic) bond motifs is 1. The predicted octanol–water partition coefficient (Wildman–Crippen LogP) is 6.36. The highest BCUT2D eigenvalue weighted by atomic mass is 14.8. The molecular formula is C27H37N. The van der Waals surface area contributed by atoms with Crippen molar-refractivity contribution in [2.75, 3.05) is 0 Å². The zero-order chi connectivity index (χ0) is 19.6. The summed E-state index contributed by atoms with van der Waals surface area (Å²) in [4.78, 5) is 0. The van der Waals surface area contributed by atoms with Gasteiger partial charge in [-0.15, -0.1) is 0 Å². The van der Waals surface area contributed by atoms with Crippen molar-refractivity contribution in [3.8, 4) is 0 Å². The summed E-state index contributed by atoms with van der Waals surface area (Å²) >= 11 is 0. The second-order valence-electron chi connectivity index (χ2n) is 9.52. The molecule has 2 aliphatic carbocycles. The van der Waals surface area contributed by atoms with Crippen LogP contribution in [0.3, 0.4) is 0 Å². The smallest absolute Gasteiger partial charge is 0.0157 e. The van der Waals surface area contributed by atoms with Gasteiger partial charge in [-0.05, 0) is 97.4 Å². The number of aryl methyl sites for hydroxylation is 2. The zero-order valence-corrected chi connectivity index (χ0v) is 17.8. The molecule has 2 aliphatic rings. The van der Waals surface area contributed by atoms with Crippen LogP contribution in [0.25, 0.3) is 0 Å².